The topological polar surface area (TPSA) is 18.5 Å². The van der Waals surface area contributed by atoms with E-state index in [9.17, 15) is 0 Å². The maximum absolute atomic E-state index is 5.54. The maximum Gasteiger partial charge on any atom is 0.161 e. The first-order valence-corrected chi connectivity index (χ1v) is 6.38. The first kappa shape index (κ1) is 12.4. The minimum atomic E-state index is 0.665. The van der Waals surface area contributed by atoms with Gasteiger partial charge in [-0.05, 0) is 38.0 Å². The summed E-state index contributed by atoms with van der Waals surface area (Å²) in [5, 5.41) is 0.965. The van der Waals surface area contributed by atoms with Crippen LogP contribution < -0.4 is 9.47 Å². The molecule has 0 radical (unpaired) electrons. The molecule has 1 rings (SSSR count). The average molecular weight is 273 g/mol. The molecule has 84 valence electrons. The fraction of sp³-hybridized carbons (Fsp3) is 0.500. The SMILES string of the molecule is CCOc1ccc(CCBr)cc1OCC. The van der Waals surface area contributed by atoms with E-state index < -0.39 is 0 Å². The van der Waals surface area contributed by atoms with Crippen molar-refractivity contribution in [2.75, 3.05) is 18.5 Å². The maximum atomic E-state index is 5.54. The molecule has 0 amide bonds. The quantitative estimate of drug-likeness (QED) is 0.739. The molecule has 0 unspecified atom stereocenters. The van der Waals surface area contributed by atoms with Crippen LogP contribution in [0.5, 0.6) is 11.5 Å². The van der Waals surface area contributed by atoms with E-state index in [1.54, 1.807) is 0 Å². The van der Waals surface area contributed by atoms with Gasteiger partial charge in [0.15, 0.2) is 11.5 Å². The summed E-state index contributed by atoms with van der Waals surface area (Å²) >= 11 is 3.43. The summed E-state index contributed by atoms with van der Waals surface area (Å²) in [4.78, 5) is 0. The Bertz CT molecular complexity index is 300. The molecule has 0 bridgehead atoms. The monoisotopic (exact) mass is 272 g/mol. The summed E-state index contributed by atoms with van der Waals surface area (Å²) in [6.07, 6.45) is 1.01. The summed E-state index contributed by atoms with van der Waals surface area (Å²) in [5.41, 5.74) is 1.26. The van der Waals surface area contributed by atoms with Gasteiger partial charge in [-0.15, -0.1) is 0 Å². The number of alkyl halides is 1. The van der Waals surface area contributed by atoms with Crippen LogP contribution in [-0.4, -0.2) is 18.5 Å². The van der Waals surface area contributed by atoms with Crippen LogP contribution in [0.4, 0.5) is 0 Å². The van der Waals surface area contributed by atoms with Gasteiger partial charge in [0.2, 0.25) is 0 Å². The van der Waals surface area contributed by atoms with Crippen LogP contribution in [0, 0.1) is 0 Å². The third kappa shape index (κ3) is 3.74. The highest BCUT2D eigenvalue weighted by Gasteiger charge is 2.05. The molecule has 0 saturated carbocycles. The van der Waals surface area contributed by atoms with E-state index in [4.69, 9.17) is 9.47 Å². The number of rotatable bonds is 6. The highest BCUT2D eigenvalue weighted by atomic mass is 79.9. The largest absolute Gasteiger partial charge is 0.490 e. The van der Waals surface area contributed by atoms with Crippen LogP contribution in [0.1, 0.15) is 19.4 Å². The van der Waals surface area contributed by atoms with Gasteiger partial charge in [0, 0.05) is 5.33 Å². The Morgan fingerprint density at radius 2 is 1.73 bits per heavy atom. The third-order valence-electron chi connectivity index (χ3n) is 1.99. The predicted molar refractivity (Wildman–Crippen MR) is 66.3 cm³/mol. The molecule has 0 saturated heterocycles. The normalized spacial score (nSPS) is 10.1. The summed E-state index contributed by atoms with van der Waals surface area (Å²) in [6, 6.07) is 6.11. The molecule has 0 fully saturated rings. The average Bonchev–Trinajstić information content (AvgIpc) is 2.23. The molecule has 1 aromatic rings. The molecular formula is C12H17BrO2. The summed E-state index contributed by atoms with van der Waals surface area (Å²) in [6.45, 7) is 5.28. The molecule has 15 heavy (non-hydrogen) atoms. The first-order chi connectivity index (χ1) is 7.31. The Labute approximate surface area is 99.7 Å². The number of hydrogen-bond donors (Lipinski definition) is 0. The highest BCUT2D eigenvalue weighted by Crippen LogP contribution is 2.28. The molecule has 0 aliphatic heterocycles. The van der Waals surface area contributed by atoms with E-state index in [1.165, 1.54) is 5.56 Å². The molecule has 0 aromatic heterocycles. The van der Waals surface area contributed by atoms with Gasteiger partial charge < -0.3 is 9.47 Å². The lowest BCUT2D eigenvalue weighted by Crippen LogP contribution is -1.99. The van der Waals surface area contributed by atoms with Crippen molar-refractivity contribution >= 4 is 15.9 Å². The van der Waals surface area contributed by atoms with Gasteiger partial charge in [-0.2, -0.15) is 0 Å². The molecule has 0 aliphatic carbocycles. The van der Waals surface area contributed by atoms with Crippen LogP contribution in [0.15, 0.2) is 18.2 Å². The number of hydrogen-bond acceptors (Lipinski definition) is 2. The van der Waals surface area contributed by atoms with Gasteiger partial charge >= 0.3 is 0 Å². The number of aryl methyl sites for hydroxylation is 1. The number of ether oxygens (including phenoxy) is 2. The van der Waals surface area contributed by atoms with Crippen molar-refractivity contribution in [1.29, 1.82) is 0 Å². The van der Waals surface area contributed by atoms with Gasteiger partial charge in [0.25, 0.3) is 0 Å². The molecular weight excluding hydrogens is 256 g/mol. The van der Waals surface area contributed by atoms with Crippen LogP contribution in [0.25, 0.3) is 0 Å². The molecule has 2 nitrogen and oxygen atoms in total. The first-order valence-electron chi connectivity index (χ1n) is 5.26. The number of benzene rings is 1. The molecule has 0 aliphatic rings. The third-order valence-corrected chi connectivity index (χ3v) is 2.39. The van der Waals surface area contributed by atoms with E-state index >= 15 is 0 Å². The van der Waals surface area contributed by atoms with Gasteiger partial charge in [-0.1, -0.05) is 22.0 Å². The second-order valence-electron chi connectivity index (χ2n) is 3.09. The smallest absolute Gasteiger partial charge is 0.161 e. The zero-order valence-electron chi connectivity index (χ0n) is 9.25. The lowest BCUT2D eigenvalue weighted by atomic mass is 10.1. The van der Waals surface area contributed by atoms with E-state index in [-0.39, 0.29) is 0 Å². The fourth-order valence-corrected chi connectivity index (χ4v) is 1.82. The van der Waals surface area contributed by atoms with Crippen LogP contribution in [0.3, 0.4) is 0 Å². The Morgan fingerprint density at radius 3 is 2.33 bits per heavy atom. The standard InChI is InChI=1S/C12H17BrO2/c1-3-14-11-6-5-10(7-8-13)9-12(11)15-4-2/h5-6,9H,3-4,7-8H2,1-2H3. The molecule has 1 aromatic carbocycles. The van der Waals surface area contributed by atoms with Crippen molar-refractivity contribution in [1.82, 2.24) is 0 Å². The van der Waals surface area contributed by atoms with Crippen molar-refractivity contribution in [3.8, 4) is 11.5 Å². The Morgan fingerprint density at radius 1 is 1.07 bits per heavy atom. The summed E-state index contributed by atoms with van der Waals surface area (Å²) in [7, 11) is 0. The Kier molecular flexibility index (Phi) is 5.54. The second-order valence-corrected chi connectivity index (χ2v) is 3.88. The highest BCUT2D eigenvalue weighted by molar-refractivity contribution is 9.09. The molecule has 0 N–H and O–H groups in total. The van der Waals surface area contributed by atoms with E-state index in [0.29, 0.717) is 13.2 Å². The van der Waals surface area contributed by atoms with Crippen molar-refractivity contribution in [3.63, 3.8) is 0 Å². The number of halogens is 1. The molecule has 0 spiro atoms. The summed E-state index contributed by atoms with van der Waals surface area (Å²) in [5.74, 6) is 1.68. The minimum Gasteiger partial charge on any atom is -0.490 e. The van der Waals surface area contributed by atoms with Crippen molar-refractivity contribution in [3.05, 3.63) is 23.8 Å². The second kappa shape index (κ2) is 6.72. The van der Waals surface area contributed by atoms with Crippen molar-refractivity contribution in [2.45, 2.75) is 20.3 Å². The minimum absolute atomic E-state index is 0.665. The Balaban J connectivity index is 2.87. The zero-order chi connectivity index (χ0) is 11.1. The van der Waals surface area contributed by atoms with Gasteiger partial charge in [0.1, 0.15) is 0 Å². The van der Waals surface area contributed by atoms with Crippen LogP contribution in [-0.2, 0) is 6.42 Å². The predicted octanol–water partition coefficient (Wildman–Crippen LogP) is 3.42. The van der Waals surface area contributed by atoms with E-state index in [0.717, 1.165) is 23.2 Å². The molecule has 0 heterocycles. The van der Waals surface area contributed by atoms with E-state index in [2.05, 4.69) is 28.1 Å². The lowest BCUT2D eigenvalue weighted by Gasteiger charge is -2.11. The van der Waals surface area contributed by atoms with Crippen LogP contribution in [0.2, 0.25) is 0 Å². The lowest BCUT2D eigenvalue weighted by molar-refractivity contribution is 0.287. The van der Waals surface area contributed by atoms with Crippen LogP contribution >= 0.6 is 15.9 Å². The van der Waals surface area contributed by atoms with Crippen molar-refractivity contribution in [2.24, 2.45) is 0 Å². The van der Waals surface area contributed by atoms with Crippen molar-refractivity contribution < 1.29 is 9.47 Å². The van der Waals surface area contributed by atoms with E-state index in [1.807, 2.05) is 19.9 Å². The molecule has 3 heteroatoms. The summed E-state index contributed by atoms with van der Waals surface area (Å²) < 4.78 is 11.0. The van der Waals surface area contributed by atoms with Gasteiger partial charge in [-0.25, -0.2) is 0 Å². The van der Waals surface area contributed by atoms with Gasteiger partial charge in [-0.3, -0.25) is 0 Å². The fourth-order valence-electron chi connectivity index (χ4n) is 1.36. The molecule has 0 atom stereocenters. The Hall–Kier alpha value is -0.700. The zero-order valence-corrected chi connectivity index (χ0v) is 10.8. The van der Waals surface area contributed by atoms with Gasteiger partial charge in [0.05, 0.1) is 13.2 Å².